The van der Waals surface area contributed by atoms with Gasteiger partial charge in [-0.2, -0.15) is 0 Å². The lowest BCUT2D eigenvalue weighted by molar-refractivity contribution is -0.157. The number of hydrogen-bond acceptors (Lipinski definition) is 3. The first kappa shape index (κ1) is 11.4. The molecule has 0 saturated carbocycles. The van der Waals surface area contributed by atoms with Crippen LogP contribution in [0.1, 0.15) is 34.1 Å². The van der Waals surface area contributed by atoms with Gasteiger partial charge in [0, 0.05) is 0 Å². The Labute approximate surface area is 73.7 Å². The van der Waals surface area contributed by atoms with E-state index in [1.165, 1.54) is 0 Å². The Balaban J connectivity index is 3.87. The number of aliphatic hydroxyl groups is 1. The van der Waals surface area contributed by atoms with E-state index in [-0.39, 0.29) is 17.3 Å². The summed E-state index contributed by atoms with van der Waals surface area (Å²) in [6.45, 7) is 7.48. The van der Waals surface area contributed by atoms with Crippen LogP contribution in [0.25, 0.3) is 0 Å². The van der Waals surface area contributed by atoms with Crippen LogP contribution in [0.2, 0.25) is 0 Å². The topological polar surface area (TPSA) is 46.5 Å². The highest BCUT2D eigenvalue weighted by Gasteiger charge is 2.21. The van der Waals surface area contributed by atoms with Gasteiger partial charge in [-0.3, -0.25) is 4.79 Å². The molecule has 1 unspecified atom stereocenters. The summed E-state index contributed by atoms with van der Waals surface area (Å²) in [5.74, 6) is -0.468. The second-order valence-electron chi connectivity index (χ2n) is 4.26. The second-order valence-corrected chi connectivity index (χ2v) is 4.26. The van der Waals surface area contributed by atoms with Gasteiger partial charge in [-0.25, -0.2) is 0 Å². The van der Waals surface area contributed by atoms with Gasteiger partial charge in [0.2, 0.25) is 0 Å². The Bertz CT molecular complexity index is 146. The van der Waals surface area contributed by atoms with Crippen LogP contribution in [0.4, 0.5) is 0 Å². The predicted molar refractivity (Wildman–Crippen MR) is 46.4 cm³/mol. The Hall–Kier alpha value is -0.570. The number of ether oxygens (including phenoxy) is 1. The zero-order chi connectivity index (χ0) is 9.78. The highest BCUT2D eigenvalue weighted by molar-refractivity contribution is 5.71. The molecule has 0 aromatic carbocycles. The lowest BCUT2D eigenvalue weighted by Gasteiger charge is -2.21. The standard InChI is InChI=1S/C9H18O3/c1-7(5-9(2,3)4)8(11)12-6-10/h7,10H,5-6H2,1-4H3. The Morgan fingerprint density at radius 2 is 2.00 bits per heavy atom. The van der Waals surface area contributed by atoms with Crippen LogP contribution in [0, 0.1) is 11.3 Å². The third-order valence-corrected chi connectivity index (χ3v) is 1.53. The second kappa shape index (κ2) is 4.45. The number of carbonyl (C=O) groups is 1. The number of aliphatic hydroxyl groups excluding tert-OH is 1. The minimum atomic E-state index is -0.521. The lowest BCUT2D eigenvalue weighted by Crippen LogP contribution is -2.21. The van der Waals surface area contributed by atoms with Crippen LogP contribution in [0.15, 0.2) is 0 Å². The van der Waals surface area contributed by atoms with E-state index in [0.717, 1.165) is 6.42 Å². The molecule has 0 saturated heterocycles. The first-order chi connectivity index (χ1) is 5.37. The van der Waals surface area contributed by atoms with Gasteiger partial charge in [0.15, 0.2) is 6.79 Å². The Morgan fingerprint density at radius 1 is 1.50 bits per heavy atom. The lowest BCUT2D eigenvalue weighted by atomic mass is 9.85. The molecule has 1 atom stereocenters. The fraction of sp³-hybridized carbons (Fsp3) is 0.889. The van der Waals surface area contributed by atoms with Crippen molar-refractivity contribution in [2.24, 2.45) is 11.3 Å². The molecule has 0 rings (SSSR count). The monoisotopic (exact) mass is 174 g/mol. The normalized spacial score (nSPS) is 14.1. The molecule has 0 spiro atoms. The van der Waals surface area contributed by atoms with Crippen molar-refractivity contribution >= 4 is 5.97 Å². The van der Waals surface area contributed by atoms with Crippen molar-refractivity contribution in [2.75, 3.05) is 6.79 Å². The molecule has 3 nitrogen and oxygen atoms in total. The van der Waals surface area contributed by atoms with Gasteiger partial charge in [-0.1, -0.05) is 27.7 Å². The molecule has 0 amide bonds. The minimum Gasteiger partial charge on any atom is -0.438 e. The van der Waals surface area contributed by atoms with E-state index in [2.05, 4.69) is 25.5 Å². The van der Waals surface area contributed by atoms with Crippen LogP contribution < -0.4 is 0 Å². The molecule has 0 heterocycles. The van der Waals surface area contributed by atoms with Gasteiger partial charge in [0.1, 0.15) is 0 Å². The number of hydrogen-bond donors (Lipinski definition) is 1. The van der Waals surface area contributed by atoms with Crippen molar-refractivity contribution in [1.82, 2.24) is 0 Å². The molecule has 1 N–H and O–H groups in total. The molecule has 0 fully saturated rings. The third-order valence-electron chi connectivity index (χ3n) is 1.53. The van der Waals surface area contributed by atoms with Crippen LogP contribution >= 0.6 is 0 Å². The van der Waals surface area contributed by atoms with Crippen molar-refractivity contribution < 1.29 is 14.6 Å². The maximum absolute atomic E-state index is 11.0. The summed E-state index contributed by atoms with van der Waals surface area (Å²) in [6.07, 6.45) is 0.770. The molecule has 72 valence electrons. The number of esters is 1. The SMILES string of the molecule is CC(CC(C)(C)C)C(=O)OCO. The van der Waals surface area contributed by atoms with E-state index >= 15 is 0 Å². The summed E-state index contributed by atoms with van der Waals surface area (Å²) in [6, 6.07) is 0. The van der Waals surface area contributed by atoms with Crippen molar-refractivity contribution in [3.8, 4) is 0 Å². The van der Waals surface area contributed by atoms with E-state index < -0.39 is 6.79 Å². The molecule has 0 aromatic rings. The summed E-state index contributed by atoms with van der Waals surface area (Å²) in [5, 5.41) is 8.34. The Kier molecular flexibility index (Phi) is 4.24. The van der Waals surface area contributed by atoms with Crippen LogP contribution in [0.5, 0.6) is 0 Å². The summed E-state index contributed by atoms with van der Waals surface area (Å²) >= 11 is 0. The predicted octanol–water partition coefficient (Wildman–Crippen LogP) is 1.55. The molecular weight excluding hydrogens is 156 g/mol. The average molecular weight is 174 g/mol. The summed E-state index contributed by atoms with van der Waals surface area (Å²) in [7, 11) is 0. The third kappa shape index (κ3) is 5.13. The van der Waals surface area contributed by atoms with Crippen molar-refractivity contribution in [2.45, 2.75) is 34.1 Å². The van der Waals surface area contributed by atoms with Gasteiger partial charge in [0.25, 0.3) is 0 Å². The van der Waals surface area contributed by atoms with Crippen LogP contribution in [0.3, 0.4) is 0 Å². The maximum Gasteiger partial charge on any atom is 0.310 e. The zero-order valence-corrected chi connectivity index (χ0v) is 8.26. The van der Waals surface area contributed by atoms with Crippen molar-refractivity contribution in [3.63, 3.8) is 0 Å². The minimum absolute atomic E-state index is 0.119. The fourth-order valence-electron chi connectivity index (χ4n) is 1.21. The molecule has 0 bridgehead atoms. The quantitative estimate of drug-likeness (QED) is 0.521. The van der Waals surface area contributed by atoms with E-state index in [1.54, 1.807) is 0 Å². The van der Waals surface area contributed by atoms with E-state index in [9.17, 15) is 4.79 Å². The summed E-state index contributed by atoms with van der Waals surface area (Å²) in [4.78, 5) is 11.0. The van der Waals surface area contributed by atoms with Gasteiger partial charge < -0.3 is 9.84 Å². The van der Waals surface area contributed by atoms with Gasteiger partial charge in [0.05, 0.1) is 5.92 Å². The average Bonchev–Trinajstić information content (AvgIpc) is 1.84. The van der Waals surface area contributed by atoms with E-state index in [0.29, 0.717) is 0 Å². The molecular formula is C9H18O3. The first-order valence-electron chi connectivity index (χ1n) is 4.14. The van der Waals surface area contributed by atoms with Crippen LogP contribution in [-0.4, -0.2) is 17.9 Å². The van der Waals surface area contributed by atoms with Gasteiger partial charge in [-0.05, 0) is 11.8 Å². The summed E-state index contributed by atoms with van der Waals surface area (Å²) in [5.41, 5.74) is 0.119. The largest absolute Gasteiger partial charge is 0.438 e. The zero-order valence-electron chi connectivity index (χ0n) is 8.26. The van der Waals surface area contributed by atoms with E-state index in [4.69, 9.17) is 5.11 Å². The van der Waals surface area contributed by atoms with Gasteiger partial charge >= 0.3 is 5.97 Å². The molecule has 3 heteroatoms. The van der Waals surface area contributed by atoms with Crippen LogP contribution in [-0.2, 0) is 9.53 Å². The number of carbonyl (C=O) groups excluding carboxylic acids is 1. The maximum atomic E-state index is 11.0. The van der Waals surface area contributed by atoms with E-state index in [1.807, 2.05) is 6.92 Å². The Morgan fingerprint density at radius 3 is 2.33 bits per heavy atom. The van der Waals surface area contributed by atoms with Gasteiger partial charge in [-0.15, -0.1) is 0 Å². The molecule has 0 aromatic heterocycles. The molecule has 0 radical (unpaired) electrons. The highest BCUT2D eigenvalue weighted by atomic mass is 16.6. The highest BCUT2D eigenvalue weighted by Crippen LogP contribution is 2.24. The van der Waals surface area contributed by atoms with Crippen molar-refractivity contribution in [3.05, 3.63) is 0 Å². The number of rotatable bonds is 3. The molecule has 12 heavy (non-hydrogen) atoms. The fourth-order valence-corrected chi connectivity index (χ4v) is 1.21. The first-order valence-corrected chi connectivity index (χ1v) is 4.14. The van der Waals surface area contributed by atoms with Crippen molar-refractivity contribution in [1.29, 1.82) is 0 Å². The smallest absolute Gasteiger partial charge is 0.310 e. The molecule has 0 aliphatic rings. The summed E-state index contributed by atoms with van der Waals surface area (Å²) < 4.78 is 4.47. The molecule has 0 aliphatic heterocycles. The molecule has 0 aliphatic carbocycles.